The molecule has 16 aromatic rings. The van der Waals surface area contributed by atoms with E-state index in [1.54, 1.807) is 0 Å². The number of benzene rings is 10. The molecular weight excluding hydrogens is 1090 g/mol. The zero-order chi connectivity index (χ0) is 59.5. The van der Waals surface area contributed by atoms with E-state index in [2.05, 4.69) is 186 Å². The third kappa shape index (κ3) is 9.42. The first-order valence-electron chi connectivity index (χ1n) is 29.7. The molecule has 0 aliphatic heterocycles. The van der Waals surface area contributed by atoms with Crippen molar-refractivity contribution >= 4 is 43.6 Å². The van der Waals surface area contributed by atoms with E-state index in [1.165, 1.54) is 18.2 Å². The zero-order valence-corrected chi connectivity index (χ0v) is 48.2. The molecule has 6 heterocycles. The maximum Gasteiger partial charge on any atom is 0.134 e. The lowest BCUT2D eigenvalue weighted by molar-refractivity contribution is 0.589. The van der Waals surface area contributed by atoms with Gasteiger partial charge in [-0.1, -0.05) is 200 Å². The average Bonchev–Trinajstić information content (AvgIpc) is 1.85. The van der Waals surface area contributed by atoms with Crippen LogP contribution in [0.3, 0.4) is 0 Å². The number of aromatic nitrogens is 6. The molecule has 8 heteroatoms. The molecule has 0 atom stereocenters. The monoisotopic (exact) mass is 1150 g/mol. The molecule has 0 amide bonds. The highest BCUT2D eigenvalue weighted by molar-refractivity contribution is 6.13. The Labute approximate surface area is 512 Å². The average molecular weight is 1150 g/mol. The first kappa shape index (κ1) is 52.8. The van der Waals surface area contributed by atoms with E-state index in [0.717, 1.165) is 144 Å². The van der Waals surface area contributed by atoms with Crippen molar-refractivity contribution in [3.63, 3.8) is 0 Å². The normalized spacial score (nSPS) is 11.5. The van der Waals surface area contributed by atoms with Crippen LogP contribution in [-0.4, -0.2) is 29.1 Å². The van der Waals surface area contributed by atoms with Crippen LogP contribution in [0.5, 0.6) is 0 Å². The SMILES string of the molecule is Cc1c(-n2c3cc(-c4ccc(-c5ccccc5)nc4)ccc3c3ccc(-c4ccc(-c5ccccc5)nc4)cc32)ccc(-c2c(F)cccc2F)c1-n1c2cc(-c3ccc(-c4ccccc4)nc3)ccc2c2ccc(-c3ccc(-c4ccccc4)nc3)cc21. The predicted octanol–water partition coefficient (Wildman–Crippen LogP) is 21.1. The van der Waals surface area contributed by atoms with Gasteiger partial charge in [-0.3, -0.25) is 19.9 Å². The highest BCUT2D eigenvalue weighted by Gasteiger charge is 2.26. The largest absolute Gasteiger partial charge is 0.309 e. The second-order valence-corrected chi connectivity index (χ2v) is 22.5. The summed E-state index contributed by atoms with van der Waals surface area (Å²) in [5, 5.41) is 4.02. The van der Waals surface area contributed by atoms with Gasteiger partial charge in [-0.25, -0.2) is 8.78 Å². The topological polar surface area (TPSA) is 61.4 Å². The number of fused-ring (bicyclic) bond motifs is 6. The number of nitrogens with zero attached hydrogens (tertiary/aromatic N) is 6. The van der Waals surface area contributed by atoms with Crippen LogP contribution < -0.4 is 0 Å². The molecule has 0 fully saturated rings. The second-order valence-electron chi connectivity index (χ2n) is 22.5. The molecule has 6 aromatic heterocycles. The van der Waals surface area contributed by atoms with Crippen LogP contribution in [0.25, 0.3) is 156 Å². The lowest BCUT2D eigenvalue weighted by atomic mass is 9.97. The first-order valence-corrected chi connectivity index (χ1v) is 29.7. The Bertz CT molecular complexity index is 5040. The van der Waals surface area contributed by atoms with Crippen molar-refractivity contribution in [1.29, 1.82) is 0 Å². The molecule has 0 saturated carbocycles. The molecule has 0 aliphatic carbocycles. The Morgan fingerprint density at radius 1 is 0.270 bits per heavy atom. The molecule has 0 bridgehead atoms. The third-order valence-corrected chi connectivity index (χ3v) is 17.3. The van der Waals surface area contributed by atoms with Gasteiger partial charge in [0.15, 0.2) is 0 Å². The minimum absolute atomic E-state index is 0.120. The van der Waals surface area contributed by atoms with Gasteiger partial charge in [0.25, 0.3) is 0 Å². The van der Waals surface area contributed by atoms with Crippen LogP contribution in [-0.2, 0) is 0 Å². The van der Waals surface area contributed by atoms with Crippen molar-refractivity contribution in [2.45, 2.75) is 6.92 Å². The van der Waals surface area contributed by atoms with E-state index in [0.29, 0.717) is 11.3 Å². The fourth-order valence-electron chi connectivity index (χ4n) is 12.8. The van der Waals surface area contributed by atoms with Gasteiger partial charge in [0.1, 0.15) is 11.6 Å². The van der Waals surface area contributed by atoms with Crippen LogP contribution in [0.1, 0.15) is 5.56 Å². The number of hydrogen-bond acceptors (Lipinski definition) is 4. The minimum Gasteiger partial charge on any atom is -0.309 e. The molecule has 0 aliphatic rings. The highest BCUT2D eigenvalue weighted by Crippen LogP contribution is 2.46. The lowest BCUT2D eigenvalue weighted by Crippen LogP contribution is -2.07. The summed E-state index contributed by atoms with van der Waals surface area (Å²) in [6.07, 6.45) is 7.71. The molecule has 16 rings (SSSR count). The van der Waals surface area contributed by atoms with E-state index in [-0.39, 0.29) is 5.56 Å². The van der Waals surface area contributed by atoms with Gasteiger partial charge in [-0.2, -0.15) is 0 Å². The summed E-state index contributed by atoms with van der Waals surface area (Å²) in [5.74, 6) is -1.33. The van der Waals surface area contributed by atoms with Gasteiger partial charge in [0.2, 0.25) is 0 Å². The van der Waals surface area contributed by atoms with Crippen molar-refractivity contribution < 1.29 is 8.78 Å². The maximum atomic E-state index is 17.0. The Morgan fingerprint density at radius 2 is 0.573 bits per heavy atom. The smallest absolute Gasteiger partial charge is 0.134 e. The summed E-state index contributed by atoms with van der Waals surface area (Å²) < 4.78 is 38.5. The summed E-state index contributed by atoms with van der Waals surface area (Å²) in [6, 6.07) is 91.5. The van der Waals surface area contributed by atoms with E-state index >= 15 is 8.78 Å². The Balaban J connectivity index is 0.955. The van der Waals surface area contributed by atoms with Gasteiger partial charge in [-0.15, -0.1) is 0 Å². The molecule has 10 aromatic carbocycles. The van der Waals surface area contributed by atoms with Crippen molar-refractivity contribution in [3.05, 3.63) is 315 Å². The van der Waals surface area contributed by atoms with Gasteiger partial charge in [0.05, 0.1) is 61.8 Å². The summed E-state index contributed by atoms with van der Waals surface area (Å²) in [7, 11) is 0. The van der Waals surface area contributed by atoms with Crippen molar-refractivity contribution in [2.24, 2.45) is 0 Å². The first-order chi connectivity index (χ1) is 43.9. The summed E-state index contributed by atoms with van der Waals surface area (Å²) in [5.41, 5.74) is 21.4. The highest BCUT2D eigenvalue weighted by atomic mass is 19.1. The quantitative estimate of drug-likeness (QED) is 0.129. The van der Waals surface area contributed by atoms with Crippen molar-refractivity contribution in [2.75, 3.05) is 0 Å². The van der Waals surface area contributed by atoms with Crippen LogP contribution in [0.15, 0.2) is 298 Å². The molecular formula is C81H52F2N6. The van der Waals surface area contributed by atoms with Crippen LogP contribution in [0.4, 0.5) is 8.78 Å². The third-order valence-electron chi connectivity index (χ3n) is 17.3. The Hall–Kier alpha value is -11.7. The van der Waals surface area contributed by atoms with Crippen LogP contribution in [0, 0.1) is 18.6 Å². The zero-order valence-electron chi connectivity index (χ0n) is 48.2. The standard InChI is InChI=1S/C81H52F2N6/c1-51-75(88-76-43-56(60-29-38-71(84-47-60)52-15-6-2-7-16-52)25-33-64(76)65-34-26-57(44-77(65)88)61-30-39-72(85-48-61)53-17-8-3-9-18-53)42-37-68(80-69(82)23-14-24-70(80)83)81(51)89-78-45-58(62-31-40-73(86-49-62)54-19-10-4-11-20-54)27-35-66(78)67-36-28-59(46-79(67)89)63-32-41-74(87-50-63)55-21-12-5-13-22-55/h2-50H,1H3. The Kier molecular flexibility index (Phi) is 13.0. The summed E-state index contributed by atoms with van der Waals surface area (Å²) >= 11 is 0. The summed E-state index contributed by atoms with van der Waals surface area (Å²) in [4.78, 5) is 19.8. The van der Waals surface area contributed by atoms with E-state index < -0.39 is 11.6 Å². The number of halogens is 2. The molecule has 0 N–H and O–H groups in total. The van der Waals surface area contributed by atoms with Crippen LogP contribution >= 0.6 is 0 Å². The molecule has 6 nitrogen and oxygen atoms in total. The number of hydrogen-bond donors (Lipinski definition) is 0. The molecule has 89 heavy (non-hydrogen) atoms. The van der Waals surface area contributed by atoms with Crippen LogP contribution in [0.2, 0.25) is 0 Å². The van der Waals surface area contributed by atoms with Crippen molar-refractivity contribution in [1.82, 2.24) is 29.1 Å². The Morgan fingerprint density at radius 3 is 0.876 bits per heavy atom. The van der Waals surface area contributed by atoms with E-state index in [1.807, 2.05) is 110 Å². The number of rotatable bonds is 11. The van der Waals surface area contributed by atoms with E-state index in [9.17, 15) is 0 Å². The van der Waals surface area contributed by atoms with Gasteiger partial charge < -0.3 is 9.13 Å². The lowest BCUT2D eigenvalue weighted by Gasteiger charge is -2.22. The molecule has 0 saturated heterocycles. The molecule has 0 spiro atoms. The fraction of sp³-hybridized carbons (Fsp3) is 0.0123. The van der Waals surface area contributed by atoms with E-state index in [4.69, 9.17) is 19.9 Å². The van der Waals surface area contributed by atoms with Gasteiger partial charge in [-0.05, 0) is 108 Å². The fourth-order valence-corrected chi connectivity index (χ4v) is 12.8. The van der Waals surface area contributed by atoms with Gasteiger partial charge >= 0.3 is 0 Å². The summed E-state index contributed by atoms with van der Waals surface area (Å²) in [6.45, 7) is 2.08. The number of pyridine rings is 4. The van der Waals surface area contributed by atoms with Gasteiger partial charge in [0, 0.05) is 96.4 Å². The predicted molar refractivity (Wildman–Crippen MR) is 360 cm³/mol. The minimum atomic E-state index is -0.667. The van der Waals surface area contributed by atoms with Crippen molar-refractivity contribution in [3.8, 4) is 112 Å². The molecule has 0 unspecified atom stereocenters. The molecule has 0 radical (unpaired) electrons. The molecule has 420 valence electrons. The second kappa shape index (κ2) is 22.0. The maximum absolute atomic E-state index is 17.0.